The second kappa shape index (κ2) is 4.83. The number of allylic oxidation sites excluding steroid dienone is 1. The van der Waals surface area contributed by atoms with Crippen LogP contribution in [0.2, 0.25) is 0 Å². The first kappa shape index (κ1) is 11.4. The van der Waals surface area contributed by atoms with E-state index in [1.54, 1.807) is 0 Å². The SMILES string of the molecule is CCC(C)n1ccc(CC2=CC(N)CC2)n1. The smallest absolute Gasteiger partial charge is 0.0665 e. The van der Waals surface area contributed by atoms with E-state index in [9.17, 15) is 0 Å². The Morgan fingerprint density at radius 3 is 3.06 bits per heavy atom. The Morgan fingerprint density at radius 1 is 1.62 bits per heavy atom. The molecule has 1 aliphatic rings. The second-order valence-corrected chi connectivity index (χ2v) is 4.75. The first-order valence-electron chi connectivity index (χ1n) is 6.18. The molecule has 2 atom stereocenters. The van der Waals surface area contributed by atoms with Gasteiger partial charge in [-0.05, 0) is 32.3 Å². The largest absolute Gasteiger partial charge is 0.324 e. The minimum Gasteiger partial charge on any atom is -0.324 e. The van der Waals surface area contributed by atoms with E-state index in [-0.39, 0.29) is 6.04 Å². The standard InChI is InChI=1S/C13H21N3/c1-3-10(2)16-7-6-13(15-16)9-11-4-5-12(14)8-11/h6-8,10,12H,3-5,9,14H2,1-2H3. The van der Waals surface area contributed by atoms with Crippen molar-refractivity contribution >= 4 is 0 Å². The van der Waals surface area contributed by atoms with Crippen LogP contribution >= 0.6 is 0 Å². The van der Waals surface area contributed by atoms with E-state index in [4.69, 9.17) is 5.73 Å². The number of nitrogens with zero attached hydrogens (tertiary/aromatic N) is 2. The summed E-state index contributed by atoms with van der Waals surface area (Å²) < 4.78 is 2.06. The van der Waals surface area contributed by atoms with E-state index in [0.717, 1.165) is 25.7 Å². The van der Waals surface area contributed by atoms with E-state index in [2.05, 4.69) is 42.0 Å². The Bertz CT molecular complexity index is 378. The molecular weight excluding hydrogens is 198 g/mol. The zero-order chi connectivity index (χ0) is 11.5. The van der Waals surface area contributed by atoms with Gasteiger partial charge in [-0.2, -0.15) is 5.10 Å². The molecule has 1 aromatic rings. The number of aromatic nitrogens is 2. The summed E-state index contributed by atoms with van der Waals surface area (Å²) >= 11 is 0. The van der Waals surface area contributed by atoms with Gasteiger partial charge in [-0.15, -0.1) is 0 Å². The zero-order valence-corrected chi connectivity index (χ0v) is 10.2. The quantitative estimate of drug-likeness (QED) is 0.790. The van der Waals surface area contributed by atoms with Crippen LogP contribution in [0.3, 0.4) is 0 Å². The van der Waals surface area contributed by atoms with Crippen molar-refractivity contribution in [3.8, 4) is 0 Å². The highest BCUT2D eigenvalue weighted by Gasteiger charge is 2.13. The summed E-state index contributed by atoms with van der Waals surface area (Å²) in [4.78, 5) is 0. The molecule has 88 valence electrons. The van der Waals surface area contributed by atoms with Crippen LogP contribution < -0.4 is 5.73 Å². The molecule has 3 heteroatoms. The zero-order valence-electron chi connectivity index (χ0n) is 10.2. The molecule has 3 nitrogen and oxygen atoms in total. The van der Waals surface area contributed by atoms with Crippen molar-refractivity contribution in [2.24, 2.45) is 5.73 Å². The molecule has 2 N–H and O–H groups in total. The first-order chi connectivity index (χ1) is 7.69. The van der Waals surface area contributed by atoms with E-state index in [0.29, 0.717) is 6.04 Å². The van der Waals surface area contributed by atoms with Crippen LogP contribution in [0.5, 0.6) is 0 Å². The van der Waals surface area contributed by atoms with E-state index in [1.807, 2.05) is 0 Å². The van der Waals surface area contributed by atoms with Gasteiger partial charge in [0.25, 0.3) is 0 Å². The first-order valence-corrected chi connectivity index (χ1v) is 6.18. The Morgan fingerprint density at radius 2 is 2.44 bits per heavy atom. The summed E-state index contributed by atoms with van der Waals surface area (Å²) in [5, 5.41) is 4.60. The normalized spacial score (nSPS) is 22.2. The monoisotopic (exact) mass is 219 g/mol. The van der Waals surface area contributed by atoms with Gasteiger partial charge in [-0.3, -0.25) is 4.68 Å². The van der Waals surface area contributed by atoms with Gasteiger partial charge in [0.15, 0.2) is 0 Å². The lowest BCUT2D eigenvalue weighted by Gasteiger charge is -2.08. The molecule has 0 saturated heterocycles. The number of hydrogen-bond acceptors (Lipinski definition) is 2. The molecule has 0 bridgehead atoms. The maximum absolute atomic E-state index is 5.85. The van der Waals surface area contributed by atoms with Crippen molar-refractivity contribution in [2.75, 3.05) is 0 Å². The lowest BCUT2D eigenvalue weighted by molar-refractivity contribution is 0.474. The summed E-state index contributed by atoms with van der Waals surface area (Å²) in [5.41, 5.74) is 8.47. The second-order valence-electron chi connectivity index (χ2n) is 4.75. The molecule has 0 amide bonds. The predicted molar refractivity (Wildman–Crippen MR) is 66.2 cm³/mol. The van der Waals surface area contributed by atoms with Gasteiger partial charge in [-0.25, -0.2) is 0 Å². The Labute approximate surface area is 97.3 Å². The van der Waals surface area contributed by atoms with Crippen molar-refractivity contribution in [1.29, 1.82) is 0 Å². The fourth-order valence-electron chi connectivity index (χ4n) is 2.11. The highest BCUT2D eigenvalue weighted by molar-refractivity contribution is 5.19. The third-order valence-corrected chi connectivity index (χ3v) is 3.36. The van der Waals surface area contributed by atoms with Crippen LogP contribution in [0.25, 0.3) is 0 Å². The summed E-state index contributed by atoms with van der Waals surface area (Å²) in [6.45, 7) is 4.38. The molecule has 0 radical (unpaired) electrons. The molecule has 0 saturated carbocycles. The Hall–Kier alpha value is -1.09. The van der Waals surface area contributed by atoms with Gasteiger partial charge in [0.1, 0.15) is 0 Å². The maximum atomic E-state index is 5.85. The molecule has 1 heterocycles. The third-order valence-electron chi connectivity index (χ3n) is 3.36. The van der Waals surface area contributed by atoms with Gasteiger partial charge < -0.3 is 5.73 Å². The van der Waals surface area contributed by atoms with Crippen molar-refractivity contribution < 1.29 is 0 Å². The summed E-state index contributed by atoms with van der Waals surface area (Å²) in [6.07, 6.45) is 8.60. The van der Waals surface area contributed by atoms with Gasteiger partial charge in [0, 0.05) is 24.7 Å². The fourth-order valence-corrected chi connectivity index (χ4v) is 2.11. The van der Waals surface area contributed by atoms with Gasteiger partial charge in [0.2, 0.25) is 0 Å². The van der Waals surface area contributed by atoms with Crippen molar-refractivity contribution in [3.05, 3.63) is 29.6 Å². The molecule has 0 aromatic carbocycles. The highest BCUT2D eigenvalue weighted by atomic mass is 15.3. The molecule has 1 aromatic heterocycles. The average Bonchev–Trinajstić information content (AvgIpc) is 2.87. The summed E-state index contributed by atoms with van der Waals surface area (Å²) in [6, 6.07) is 2.89. The van der Waals surface area contributed by atoms with Gasteiger partial charge in [-0.1, -0.05) is 18.6 Å². The molecule has 2 unspecified atom stereocenters. The average molecular weight is 219 g/mol. The van der Waals surface area contributed by atoms with E-state index >= 15 is 0 Å². The van der Waals surface area contributed by atoms with Gasteiger partial charge in [0.05, 0.1) is 5.69 Å². The molecule has 0 spiro atoms. The van der Waals surface area contributed by atoms with Crippen LogP contribution in [-0.4, -0.2) is 15.8 Å². The van der Waals surface area contributed by atoms with Crippen LogP contribution in [-0.2, 0) is 6.42 Å². The molecule has 1 aliphatic carbocycles. The third kappa shape index (κ3) is 2.53. The number of nitrogens with two attached hydrogens (primary N) is 1. The number of rotatable bonds is 4. The van der Waals surface area contributed by atoms with Gasteiger partial charge >= 0.3 is 0 Å². The van der Waals surface area contributed by atoms with Crippen molar-refractivity contribution in [1.82, 2.24) is 9.78 Å². The van der Waals surface area contributed by atoms with E-state index in [1.165, 1.54) is 11.3 Å². The van der Waals surface area contributed by atoms with E-state index < -0.39 is 0 Å². The molecule has 2 rings (SSSR count). The molecular formula is C13H21N3. The Balaban J connectivity index is 2.00. The predicted octanol–water partition coefficient (Wildman–Crippen LogP) is 2.44. The lowest BCUT2D eigenvalue weighted by atomic mass is 10.1. The summed E-state index contributed by atoms with van der Waals surface area (Å²) in [7, 11) is 0. The minimum absolute atomic E-state index is 0.270. The molecule has 0 aliphatic heterocycles. The molecule has 16 heavy (non-hydrogen) atoms. The lowest BCUT2D eigenvalue weighted by Crippen LogP contribution is -2.11. The fraction of sp³-hybridized carbons (Fsp3) is 0.615. The minimum atomic E-state index is 0.270. The number of hydrogen-bond donors (Lipinski definition) is 1. The van der Waals surface area contributed by atoms with Crippen molar-refractivity contribution in [3.63, 3.8) is 0 Å². The van der Waals surface area contributed by atoms with Crippen LogP contribution in [0.1, 0.15) is 44.8 Å². The van der Waals surface area contributed by atoms with Crippen LogP contribution in [0, 0.1) is 0 Å². The summed E-state index contributed by atoms with van der Waals surface area (Å²) in [5.74, 6) is 0. The van der Waals surface area contributed by atoms with Crippen molar-refractivity contribution in [2.45, 2.75) is 51.6 Å². The Kier molecular flexibility index (Phi) is 3.44. The highest BCUT2D eigenvalue weighted by Crippen LogP contribution is 2.21. The van der Waals surface area contributed by atoms with Crippen LogP contribution in [0.15, 0.2) is 23.9 Å². The maximum Gasteiger partial charge on any atom is 0.0665 e. The topological polar surface area (TPSA) is 43.8 Å². The van der Waals surface area contributed by atoms with Crippen LogP contribution in [0.4, 0.5) is 0 Å². The molecule has 0 fully saturated rings.